The number of aliphatic hydroxyl groups is 1. The summed E-state index contributed by atoms with van der Waals surface area (Å²) in [5.74, 6) is 0.434. The Labute approximate surface area is 196 Å². The lowest BCUT2D eigenvalue weighted by atomic mass is 10.0. The van der Waals surface area contributed by atoms with Crippen molar-refractivity contribution in [2.75, 3.05) is 0 Å². The Morgan fingerprint density at radius 2 is 0.774 bits per heavy atom. The fraction of sp³-hybridized carbons (Fsp3) is 0.966. The molecule has 1 unspecified atom stereocenters. The predicted molar refractivity (Wildman–Crippen MR) is 138 cm³/mol. The number of carbonyl (C=O) groups is 1. The topological polar surface area (TPSA) is 37.3 Å². The zero-order valence-electron chi connectivity index (χ0n) is 21.6. The van der Waals surface area contributed by atoms with E-state index in [-0.39, 0.29) is 6.10 Å². The Bertz CT molecular complexity index is 353. The monoisotopic (exact) mass is 438 g/mol. The molecule has 186 valence electrons. The molecule has 0 aliphatic carbocycles. The number of unbranched alkanes of at least 4 members (excludes halogenated alkanes) is 18. The van der Waals surface area contributed by atoms with Crippen LogP contribution in [0.3, 0.4) is 0 Å². The average molecular weight is 439 g/mol. The molecule has 2 heteroatoms. The minimum absolute atomic E-state index is 0.152. The molecule has 0 aliphatic rings. The number of carbonyl (C=O) groups excluding carboxylic acids is 1. The molecule has 0 aromatic carbocycles. The Kier molecular flexibility index (Phi) is 25.6. The fourth-order valence-corrected chi connectivity index (χ4v) is 4.47. The zero-order chi connectivity index (χ0) is 22.8. The van der Waals surface area contributed by atoms with Crippen LogP contribution in [0.4, 0.5) is 0 Å². The Morgan fingerprint density at radius 3 is 1.19 bits per heavy atom. The van der Waals surface area contributed by atoms with Crippen LogP contribution in [-0.2, 0) is 4.79 Å². The molecular formula is C29H58O2. The van der Waals surface area contributed by atoms with E-state index in [0.717, 1.165) is 51.4 Å². The number of hydrogen-bond acceptors (Lipinski definition) is 2. The lowest BCUT2D eigenvalue weighted by Crippen LogP contribution is -2.06. The van der Waals surface area contributed by atoms with E-state index in [2.05, 4.69) is 13.8 Å². The molecule has 0 saturated heterocycles. The van der Waals surface area contributed by atoms with Crippen LogP contribution in [0.15, 0.2) is 0 Å². The van der Waals surface area contributed by atoms with Crippen LogP contribution in [0.5, 0.6) is 0 Å². The first-order valence-electron chi connectivity index (χ1n) is 14.4. The summed E-state index contributed by atoms with van der Waals surface area (Å²) < 4.78 is 0. The average Bonchev–Trinajstić information content (AvgIpc) is 2.77. The lowest BCUT2D eigenvalue weighted by Gasteiger charge is -2.10. The van der Waals surface area contributed by atoms with E-state index in [1.54, 1.807) is 0 Å². The van der Waals surface area contributed by atoms with Gasteiger partial charge in [-0.2, -0.15) is 0 Å². The van der Waals surface area contributed by atoms with Gasteiger partial charge < -0.3 is 5.11 Å². The minimum atomic E-state index is -0.152. The van der Waals surface area contributed by atoms with Gasteiger partial charge in [0.05, 0.1) is 6.10 Å². The van der Waals surface area contributed by atoms with Crippen molar-refractivity contribution in [1.29, 1.82) is 0 Å². The second-order valence-electron chi connectivity index (χ2n) is 9.99. The first kappa shape index (κ1) is 30.6. The highest BCUT2D eigenvalue weighted by Crippen LogP contribution is 2.15. The molecule has 0 saturated carbocycles. The van der Waals surface area contributed by atoms with Gasteiger partial charge in [0.15, 0.2) is 0 Å². The highest BCUT2D eigenvalue weighted by Gasteiger charge is 2.06. The Morgan fingerprint density at radius 1 is 0.484 bits per heavy atom. The number of ketones is 1. The van der Waals surface area contributed by atoms with Gasteiger partial charge in [0, 0.05) is 12.8 Å². The largest absolute Gasteiger partial charge is 0.393 e. The van der Waals surface area contributed by atoms with Gasteiger partial charge in [0.1, 0.15) is 5.78 Å². The molecule has 0 spiro atoms. The molecule has 0 amide bonds. The van der Waals surface area contributed by atoms with Crippen LogP contribution in [0.2, 0.25) is 0 Å². The maximum Gasteiger partial charge on any atom is 0.132 e. The van der Waals surface area contributed by atoms with Crippen molar-refractivity contribution in [2.24, 2.45) is 0 Å². The third-order valence-electron chi connectivity index (χ3n) is 6.69. The number of Topliss-reactive ketones (excluding diaryl/α,β-unsaturated/α-hetero) is 1. The predicted octanol–water partition coefficient (Wildman–Crippen LogP) is 9.71. The molecule has 0 aliphatic heterocycles. The normalized spacial score (nSPS) is 12.4. The van der Waals surface area contributed by atoms with Crippen molar-refractivity contribution in [1.82, 2.24) is 0 Å². The maximum atomic E-state index is 12.0. The molecule has 2 nitrogen and oxygen atoms in total. The SMILES string of the molecule is CCCCCCCCCCCCCCC(O)CCCCC(=O)CCCCCCCCC. The summed E-state index contributed by atoms with van der Waals surface area (Å²) in [7, 11) is 0. The smallest absolute Gasteiger partial charge is 0.132 e. The van der Waals surface area contributed by atoms with Crippen LogP contribution in [-0.4, -0.2) is 17.0 Å². The van der Waals surface area contributed by atoms with Crippen LogP contribution in [0.1, 0.15) is 174 Å². The van der Waals surface area contributed by atoms with Crippen molar-refractivity contribution in [2.45, 2.75) is 180 Å². The molecule has 0 rings (SSSR count). The number of aliphatic hydroxyl groups excluding tert-OH is 1. The molecule has 0 aromatic heterocycles. The highest BCUT2D eigenvalue weighted by molar-refractivity contribution is 5.78. The number of hydrogen-bond donors (Lipinski definition) is 1. The number of rotatable bonds is 26. The summed E-state index contributed by atoms with van der Waals surface area (Å²) in [6.45, 7) is 4.53. The summed E-state index contributed by atoms with van der Waals surface area (Å²) in [5.41, 5.74) is 0. The van der Waals surface area contributed by atoms with Crippen LogP contribution in [0.25, 0.3) is 0 Å². The van der Waals surface area contributed by atoms with E-state index >= 15 is 0 Å². The standard InChI is InChI=1S/C29H58O2/c1-3-5-7-9-11-12-13-14-15-17-19-21-25-29(31)27-23-22-26-28(30)24-20-18-16-10-8-6-4-2/h29,31H,3-27H2,1-2H3. The van der Waals surface area contributed by atoms with Gasteiger partial charge in [0.2, 0.25) is 0 Å². The fourth-order valence-electron chi connectivity index (χ4n) is 4.47. The molecule has 0 heterocycles. The van der Waals surface area contributed by atoms with Crippen molar-refractivity contribution in [3.8, 4) is 0 Å². The van der Waals surface area contributed by atoms with Gasteiger partial charge >= 0.3 is 0 Å². The van der Waals surface area contributed by atoms with Crippen LogP contribution >= 0.6 is 0 Å². The summed E-state index contributed by atoms with van der Waals surface area (Å²) in [6, 6.07) is 0. The van der Waals surface area contributed by atoms with Crippen LogP contribution < -0.4 is 0 Å². The molecule has 0 radical (unpaired) electrons. The van der Waals surface area contributed by atoms with Gasteiger partial charge in [-0.05, 0) is 25.7 Å². The molecule has 1 atom stereocenters. The van der Waals surface area contributed by atoms with E-state index in [1.807, 2.05) is 0 Å². The quantitative estimate of drug-likeness (QED) is 0.136. The van der Waals surface area contributed by atoms with Crippen molar-refractivity contribution >= 4 is 5.78 Å². The van der Waals surface area contributed by atoms with E-state index in [0.29, 0.717) is 5.78 Å². The van der Waals surface area contributed by atoms with Gasteiger partial charge in [-0.15, -0.1) is 0 Å². The zero-order valence-corrected chi connectivity index (χ0v) is 21.6. The van der Waals surface area contributed by atoms with Crippen molar-refractivity contribution in [3.05, 3.63) is 0 Å². The molecular weight excluding hydrogens is 380 g/mol. The van der Waals surface area contributed by atoms with Gasteiger partial charge in [-0.25, -0.2) is 0 Å². The maximum absolute atomic E-state index is 12.0. The molecule has 1 N–H and O–H groups in total. The third kappa shape index (κ3) is 25.8. The van der Waals surface area contributed by atoms with Crippen molar-refractivity contribution in [3.63, 3.8) is 0 Å². The summed E-state index contributed by atoms with van der Waals surface area (Å²) >= 11 is 0. The minimum Gasteiger partial charge on any atom is -0.393 e. The molecule has 0 fully saturated rings. The van der Waals surface area contributed by atoms with Crippen LogP contribution in [0, 0.1) is 0 Å². The van der Waals surface area contributed by atoms with E-state index < -0.39 is 0 Å². The molecule has 0 bridgehead atoms. The Balaban J connectivity index is 3.27. The first-order chi connectivity index (χ1) is 15.2. The second kappa shape index (κ2) is 25.9. The third-order valence-corrected chi connectivity index (χ3v) is 6.69. The first-order valence-corrected chi connectivity index (χ1v) is 14.4. The summed E-state index contributed by atoms with van der Waals surface area (Å²) in [4.78, 5) is 12.0. The van der Waals surface area contributed by atoms with E-state index in [4.69, 9.17) is 0 Å². The van der Waals surface area contributed by atoms with E-state index in [9.17, 15) is 9.90 Å². The van der Waals surface area contributed by atoms with E-state index in [1.165, 1.54) is 109 Å². The summed E-state index contributed by atoms with van der Waals surface area (Å²) in [5, 5.41) is 10.2. The van der Waals surface area contributed by atoms with Gasteiger partial charge in [0.25, 0.3) is 0 Å². The summed E-state index contributed by atoms with van der Waals surface area (Å²) in [6.07, 6.45) is 30.4. The van der Waals surface area contributed by atoms with Crippen molar-refractivity contribution < 1.29 is 9.90 Å². The Hall–Kier alpha value is -0.370. The highest BCUT2D eigenvalue weighted by atomic mass is 16.3. The van der Waals surface area contributed by atoms with Gasteiger partial charge in [-0.3, -0.25) is 4.79 Å². The second-order valence-corrected chi connectivity index (χ2v) is 9.99. The molecule has 0 aromatic rings. The van der Waals surface area contributed by atoms with Gasteiger partial charge in [-0.1, -0.05) is 136 Å². The lowest BCUT2D eigenvalue weighted by molar-refractivity contribution is -0.119. The molecule has 31 heavy (non-hydrogen) atoms.